The van der Waals surface area contributed by atoms with Crippen molar-refractivity contribution in [3.63, 3.8) is 0 Å². The molecule has 0 spiro atoms. The lowest BCUT2D eigenvalue weighted by atomic mass is 9.98. The predicted octanol–water partition coefficient (Wildman–Crippen LogP) is 3.22. The van der Waals surface area contributed by atoms with Gasteiger partial charge in [0.2, 0.25) is 0 Å². The second-order valence-corrected chi connectivity index (χ2v) is 5.58. The maximum atomic E-state index is 13.7. The number of piperidine rings is 1. The summed E-state index contributed by atoms with van der Waals surface area (Å²) in [5, 5.41) is -0.0458. The number of rotatable bonds is 1. The van der Waals surface area contributed by atoms with Crippen LogP contribution in [0.25, 0.3) is 0 Å². The number of benzene rings is 1. The van der Waals surface area contributed by atoms with Crippen molar-refractivity contribution in [1.82, 2.24) is 4.90 Å². The van der Waals surface area contributed by atoms with Crippen LogP contribution in [-0.2, 0) is 0 Å². The van der Waals surface area contributed by atoms with Gasteiger partial charge in [0.25, 0.3) is 5.91 Å². The van der Waals surface area contributed by atoms with Crippen LogP contribution < -0.4 is 0 Å². The molecule has 0 N–H and O–H groups in total. The molecular formula is C14H17ClFNO. The van der Waals surface area contributed by atoms with Crippen molar-refractivity contribution in [1.29, 1.82) is 0 Å². The molecule has 4 heteroatoms. The lowest BCUT2D eigenvalue weighted by molar-refractivity contribution is 0.0696. The Hall–Kier alpha value is -1.09. The monoisotopic (exact) mass is 269 g/mol. The first-order valence-electron chi connectivity index (χ1n) is 6.18. The van der Waals surface area contributed by atoms with Crippen molar-refractivity contribution in [3.8, 4) is 0 Å². The molecule has 1 aromatic carbocycles. The highest BCUT2D eigenvalue weighted by molar-refractivity contribution is 6.21. The Morgan fingerprint density at radius 1 is 1.50 bits per heavy atom. The van der Waals surface area contributed by atoms with Gasteiger partial charge < -0.3 is 4.90 Å². The van der Waals surface area contributed by atoms with E-state index in [2.05, 4.69) is 6.92 Å². The van der Waals surface area contributed by atoms with Crippen LogP contribution in [0.15, 0.2) is 18.2 Å². The van der Waals surface area contributed by atoms with Gasteiger partial charge in [0.15, 0.2) is 0 Å². The number of hydrogen-bond acceptors (Lipinski definition) is 1. The third kappa shape index (κ3) is 2.66. The van der Waals surface area contributed by atoms with Crippen LogP contribution in [0.1, 0.15) is 29.3 Å². The Bertz CT molecular complexity index is 463. The van der Waals surface area contributed by atoms with Gasteiger partial charge in [-0.3, -0.25) is 4.79 Å². The Morgan fingerprint density at radius 2 is 2.22 bits per heavy atom. The van der Waals surface area contributed by atoms with E-state index in [9.17, 15) is 9.18 Å². The summed E-state index contributed by atoms with van der Waals surface area (Å²) < 4.78 is 13.7. The highest BCUT2D eigenvalue weighted by Crippen LogP contribution is 2.23. The lowest BCUT2D eigenvalue weighted by Crippen LogP contribution is -2.44. The van der Waals surface area contributed by atoms with Crippen LogP contribution in [0, 0.1) is 18.7 Å². The number of halogens is 2. The molecule has 1 amide bonds. The first-order chi connectivity index (χ1) is 8.49. The van der Waals surface area contributed by atoms with Gasteiger partial charge in [-0.25, -0.2) is 4.39 Å². The number of hydrogen-bond donors (Lipinski definition) is 0. The number of aryl methyl sites for hydroxylation is 1. The Labute approximate surface area is 112 Å². The molecule has 0 aliphatic carbocycles. The van der Waals surface area contributed by atoms with E-state index in [1.165, 1.54) is 6.07 Å². The Kier molecular flexibility index (Phi) is 3.91. The molecule has 1 heterocycles. The van der Waals surface area contributed by atoms with Crippen LogP contribution in [0.5, 0.6) is 0 Å². The van der Waals surface area contributed by atoms with Crippen molar-refractivity contribution in [2.75, 3.05) is 13.1 Å². The minimum atomic E-state index is -0.463. The summed E-state index contributed by atoms with van der Waals surface area (Å²) in [5.74, 6) is -0.317. The molecule has 1 aliphatic rings. The normalized spacial score (nSPS) is 24.1. The number of nitrogens with zero attached hydrogens (tertiary/aromatic N) is 1. The summed E-state index contributed by atoms with van der Waals surface area (Å²) in [4.78, 5) is 13.9. The highest BCUT2D eigenvalue weighted by Gasteiger charge is 2.28. The van der Waals surface area contributed by atoms with Crippen LogP contribution >= 0.6 is 11.6 Å². The quantitative estimate of drug-likeness (QED) is 0.717. The number of carbonyl (C=O) groups is 1. The maximum Gasteiger partial charge on any atom is 0.256 e. The van der Waals surface area contributed by atoms with Crippen molar-refractivity contribution in [2.24, 2.45) is 5.92 Å². The van der Waals surface area contributed by atoms with E-state index in [1.54, 1.807) is 17.0 Å². The molecular weight excluding hydrogens is 253 g/mol. The summed E-state index contributed by atoms with van der Waals surface area (Å²) in [7, 11) is 0. The zero-order chi connectivity index (χ0) is 13.3. The predicted molar refractivity (Wildman–Crippen MR) is 70.5 cm³/mol. The molecule has 2 unspecified atom stereocenters. The second kappa shape index (κ2) is 5.27. The fourth-order valence-electron chi connectivity index (χ4n) is 2.18. The fourth-order valence-corrected chi connectivity index (χ4v) is 2.47. The van der Waals surface area contributed by atoms with Crippen LogP contribution in [-0.4, -0.2) is 29.3 Å². The van der Waals surface area contributed by atoms with Crippen molar-refractivity contribution < 1.29 is 9.18 Å². The van der Waals surface area contributed by atoms with E-state index in [0.29, 0.717) is 19.0 Å². The van der Waals surface area contributed by atoms with Gasteiger partial charge in [0, 0.05) is 13.1 Å². The van der Waals surface area contributed by atoms with Crippen molar-refractivity contribution in [3.05, 3.63) is 35.1 Å². The summed E-state index contributed by atoms with van der Waals surface area (Å²) in [6.07, 6.45) is 0.868. The molecule has 2 rings (SSSR count). The first kappa shape index (κ1) is 13.3. The average Bonchev–Trinajstić information content (AvgIpc) is 2.35. The van der Waals surface area contributed by atoms with Gasteiger partial charge in [-0.1, -0.05) is 18.6 Å². The third-order valence-electron chi connectivity index (χ3n) is 3.51. The molecule has 0 bridgehead atoms. The first-order valence-corrected chi connectivity index (χ1v) is 6.62. The van der Waals surface area contributed by atoms with E-state index in [0.717, 1.165) is 12.0 Å². The van der Waals surface area contributed by atoms with Gasteiger partial charge in [-0.15, -0.1) is 11.6 Å². The fraction of sp³-hybridized carbons (Fsp3) is 0.500. The van der Waals surface area contributed by atoms with Crippen LogP contribution in [0.2, 0.25) is 0 Å². The van der Waals surface area contributed by atoms with Crippen molar-refractivity contribution in [2.45, 2.75) is 25.6 Å². The van der Waals surface area contributed by atoms with E-state index in [4.69, 9.17) is 11.6 Å². The number of amides is 1. The van der Waals surface area contributed by atoms with Crippen molar-refractivity contribution >= 4 is 17.5 Å². The molecule has 18 heavy (non-hydrogen) atoms. The van der Waals surface area contributed by atoms with E-state index in [-0.39, 0.29) is 16.8 Å². The minimum Gasteiger partial charge on any atom is -0.337 e. The second-order valence-electron chi connectivity index (χ2n) is 5.02. The molecule has 1 fully saturated rings. The average molecular weight is 270 g/mol. The van der Waals surface area contributed by atoms with E-state index >= 15 is 0 Å². The number of carbonyl (C=O) groups excluding carboxylic acids is 1. The van der Waals surface area contributed by atoms with Gasteiger partial charge in [-0.05, 0) is 31.4 Å². The lowest BCUT2D eigenvalue weighted by Gasteiger charge is -2.34. The van der Waals surface area contributed by atoms with Crippen LogP contribution in [0.4, 0.5) is 4.39 Å². The standard InChI is InChI=1S/C14H17ClFNO/c1-9-3-4-13(16)11(7-9)14(18)17-6-5-10(2)12(15)8-17/h3-4,7,10,12H,5-6,8H2,1-2H3. The molecule has 98 valence electrons. The molecule has 0 aromatic heterocycles. The largest absolute Gasteiger partial charge is 0.337 e. The maximum absolute atomic E-state index is 13.7. The molecule has 2 nitrogen and oxygen atoms in total. The zero-order valence-corrected chi connectivity index (χ0v) is 11.4. The van der Waals surface area contributed by atoms with E-state index in [1.807, 2.05) is 6.92 Å². The molecule has 1 aromatic rings. The van der Waals surface area contributed by atoms with Crippen LogP contribution in [0.3, 0.4) is 0 Å². The van der Waals surface area contributed by atoms with E-state index < -0.39 is 5.82 Å². The molecule has 2 atom stereocenters. The topological polar surface area (TPSA) is 20.3 Å². The van der Waals surface area contributed by atoms with Gasteiger partial charge in [0.05, 0.1) is 10.9 Å². The summed E-state index contributed by atoms with van der Waals surface area (Å²) >= 11 is 6.18. The molecule has 0 radical (unpaired) electrons. The summed E-state index contributed by atoms with van der Waals surface area (Å²) in [6, 6.07) is 4.60. The molecule has 0 saturated carbocycles. The minimum absolute atomic E-state index is 0.0458. The van der Waals surface area contributed by atoms with Gasteiger partial charge >= 0.3 is 0 Å². The Morgan fingerprint density at radius 3 is 2.89 bits per heavy atom. The van der Waals surface area contributed by atoms with Gasteiger partial charge in [0.1, 0.15) is 5.82 Å². The molecule has 1 aliphatic heterocycles. The number of alkyl halides is 1. The summed E-state index contributed by atoms with van der Waals surface area (Å²) in [5.41, 5.74) is 1.03. The smallest absolute Gasteiger partial charge is 0.256 e. The number of likely N-dealkylation sites (tertiary alicyclic amines) is 1. The SMILES string of the molecule is Cc1ccc(F)c(C(=O)N2CCC(C)C(Cl)C2)c1. The summed E-state index contributed by atoms with van der Waals surface area (Å²) in [6.45, 7) is 5.07. The third-order valence-corrected chi connectivity index (χ3v) is 4.07. The zero-order valence-electron chi connectivity index (χ0n) is 10.6. The van der Waals surface area contributed by atoms with Gasteiger partial charge in [-0.2, -0.15) is 0 Å². The molecule has 1 saturated heterocycles. The Balaban J connectivity index is 2.19. The highest BCUT2D eigenvalue weighted by atomic mass is 35.5.